The number of nitrogens with two attached hydrogens (primary N) is 1. The van der Waals surface area contributed by atoms with E-state index in [1.165, 1.54) is 27.8 Å². The second-order valence-electron chi connectivity index (χ2n) is 12.0. The minimum Gasteiger partial charge on any atom is -0.399 e. The number of rotatable bonds is 9. The Balaban J connectivity index is 0.000000219. The van der Waals surface area contributed by atoms with Crippen LogP contribution in [0, 0.1) is 41.5 Å². The van der Waals surface area contributed by atoms with E-state index in [1.54, 1.807) is 47.5 Å². The molecule has 8 nitrogen and oxygen atoms in total. The van der Waals surface area contributed by atoms with E-state index >= 15 is 0 Å². The standard InChI is InChI=1S/C21H24N4S.C17H18N4S.ClH/c1-5-6-7-22-18-9-14(2)17(8-15(18)3)10-21-25-20(13-26-21)19-12-23-16(4)11-24-19;1-10-5-14(18)11(2)4-13(10)6-17-21-16(9-22-17)15-8-19-12(3)7-20-15;/h7-9,11-13H,5-6,10H2,1-4H3;4-5,7-9H,6,18H2,1-3H3;1H. The lowest BCUT2D eigenvalue weighted by atomic mass is 10.0. The molecule has 254 valence electrons. The first-order chi connectivity index (χ1) is 23.1. The number of unbranched alkanes of at least 4 members (excludes halogenated alkanes) is 1. The fourth-order valence-electron chi connectivity index (χ4n) is 4.97. The van der Waals surface area contributed by atoms with Crippen molar-refractivity contribution in [2.75, 3.05) is 5.73 Å². The Labute approximate surface area is 303 Å². The van der Waals surface area contributed by atoms with Gasteiger partial charge in [0.25, 0.3) is 0 Å². The Morgan fingerprint density at radius 1 is 0.633 bits per heavy atom. The van der Waals surface area contributed by atoms with Crippen LogP contribution in [0.5, 0.6) is 0 Å². The van der Waals surface area contributed by atoms with Gasteiger partial charge in [0.2, 0.25) is 0 Å². The summed E-state index contributed by atoms with van der Waals surface area (Å²) in [6.07, 6.45) is 12.9. The molecule has 0 bridgehead atoms. The lowest BCUT2D eigenvalue weighted by Gasteiger charge is -2.08. The molecule has 6 rings (SSSR count). The number of anilines is 1. The molecule has 0 aliphatic heterocycles. The normalized spacial score (nSPS) is 10.9. The van der Waals surface area contributed by atoms with Crippen molar-refractivity contribution >= 4 is 52.7 Å². The lowest BCUT2D eigenvalue weighted by Crippen LogP contribution is -1.97. The molecule has 2 aromatic carbocycles. The summed E-state index contributed by atoms with van der Waals surface area (Å²) in [5, 5.41) is 6.26. The van der Waals surface area contributed by atoms with Crippen LogP contribution in [0.25, 0.3) is 22.8 Å². The maximum absolute atomic E-state index is 5.95. The second kappa shape index (κ2) is 17.3. The van der Waals surface area contributed by atoms with Crippen LogP contribution in [0.2, 0.25) is 0 Å². The highest BCUT2D eigenvalue weighted by molar-refractivity contribution is 7.10. The predicted octanol–water partition coefficient (Wildman–Crippen LogP) is 9.74. The summed E-state index contributed by atoms with van der Waals surface area (Å²) >= 11 is 3.32. The average molecular weight is 711 g/mol. The number of nitrogen functional groups attached to an aromatic ring is 1. The van der Waals surface area contributed by atoms with Crippen molar-refractivity contribution in [3.05, 3.63) is 115 Å². The smallest absolute Gasteiger partial charge is 0.108 e. The van der Waals surface area contributed by atoms with Crippen molar-refractivity contribution in [2.45, 2.75) is 74.1 Å². The molecule has 0 unspecified atom stereocenters. The van der Waals surface area contributed by atoms with Crippen LogP contribution in [0.1, 0.15) is 74.5 Å². The van der Waals surface area contributed by atoms with E-state index in [9.17, 15) is 0 Å². The van der Waals surface area contributed by atoms with E-state index < -0.39 is 0 Å². The first-order valence-electron chi connectivity index (χ1n) is 16.0. The fourth-order valence-corrected chi connectivity index (χ4v) is 6.59. The van der Waals surface area contributed by atoms with Gasteiger partial charge in [-0.2, -0.15) is 0 Å². The summed E-state index contributed by atoms with van der Waals surface area (Å²) in [6, 6.07) is 8.60. The minimum atomic E-state index is 0. The van der Waals surface area contributed by atoms with E-state index in [2.05, 4.69) is 81.2 Å². The van der Waals surface area contributed by atoms with Gasteiger partial charge in [0.05, 0.1) is 39.5 Å². The SMILES string of the molecule is CCCC=Nc1cc(C)c(Cc2nc(-c3cnc(C)cn3)cs2)cc1C.Cc1cnc(-c2csc(Cc3cc(C)c(N)cc3C)n2)cn1.Cl. The number of aliphatic imine (C=N–C) groups is 1. The Morgan fingerprint density at radius 2 is 1.14 bits per heavy atom. The molecule has 0 fully saturated rings. The number of hydrogen-bond acceptors (Lipinski definition) is 10. The number of thiazole rings is 2. The molecule has 4 heterocycles. The van der Waals surface area contributed by atoms with Crippen molar-refractivity contribution in [3.63, 3.8) is 0 Å². The van der Waals surface area contributed by atoms with Gasteiger partial charge in [0.1, 0.15) is 22.8 Å². The fraction of sp³-hybridized carbons (Fsp3) is 0.289. The van der Waals surface area contributed by atoms with Gasteiger partial charge < -0.3 is 5.73 Å². The Morgan fingerprint density at radius 3 is 1.63 bits per heavy atom. The monoisotopic (exact) mass is 710 g/mol. The number of benzene rings is 2. The number of nitrogens with zero attached hydrogens (tertiary/aromatic N) is 7. The van der Waals surface area contributed by atoms with E-state index in [0.29, 0.717) is 0 Å². The molecule has 0 aliphatic rings. The Kier molecular flexibility index (Phi) is 13.2. The average Bonchev–Trinajstić information content (AvgIpc) is 3.73. The van der Waals surface area contributed by atoms with Crippen LogP contribution in [0.3, 0.4) is 0 Å². The van der Waals surface area contributed by atoms with E-state index in [1.807, 2.05) is 38.4 Å². The zero-order chi connectivity index (χ0) is 34.2. The van der Waals surface area contributed by atoms with Crippen molar-refractivity contribution in [1.82, 2.24) is 29.9 Å². The number of aromatic nitrogens is 6. The summed E-state index contributed by atoms with van der Waals surface area (Å²) in [6.45, 7) is 14.4. The highest BCUT2D eigenvalue weighted by Gasteiger charge is 2.11. The molecular weight excluding hydrogens is 668 g/mol. The zero-order valence-electron chi connectivity index (χ0n) is 29.1. The molecule has 0 spiro atoms. The highest BCUT2D eigenvalue weighted by Crippen LogP contribution is 2.28. The molecule has 49 heavy (non-hydrogen) atoms. The Bertz CT molecular complexity index is 2020. The molecule has 4 aromatic heterocycles. The number of aryl methyl sites for hydroxylation is 6. The van der Waals surface area contributed by atoms with Gasteiger partial charge in [0.15, 0.2) is 0 Å². The van der Waals surface area contributed by atoms with Crippen LogP contribution in [0.4, 0.5) is 11.4 Å². The maximum Gasteiger partial charge on any atom is 0.108 e. The van der Waals surface area contributed by atoms with Gasteiger partial charge in [-0.15, -0.1) is 35.1 Å². The first-order valence-corrected chi connectivity index (χ1v) is 17.8. The maximum atomic E-state index is 5.95. The van der Waals surface area contributed by atoms with Crippen molar-refractivity contribution in [1.29, 1.82) is 0 Å². The summed E-state index contributed by atoms with van der Waals surface area (Å²) in [5.74, 6) is 0. The van der Waals surface area contributed by atoms with Gasteiger partial charge >= 0.3 is 0 Å². The van der Waals surface area contributed by atoms with Gasteiger partial charge in [-0.3, -0.25) is 24.9 Å². The predicted molar refractivity (Wildman–Crippen MR) is 208 cm³/mol. The highest BCUT2D eigenvalue weighted by atomic mass is 35.5. The number of hydrogen-bond donors (Lipinski definition) is 1. The van der Waals surface area contributed by atoms with E-state index in [-0.39, 0.29) is 12.4 Å². The van der Waals surface area contributed by atoms with Crippen LogP contribution in [-0.2, 0) is 12.8 Å². The van der Waals surface area contributed by atoms with Crippen molar-refractivity contribution in [2.24, 2.45) is 4.99 Å². The molecule has 0 aliphatic carbocycles. The number of halogens is 1. The topological polar surface area (TPSA) is 116 Å². The van der Waals surface area contributed by atoms with Crippen molar-refractivity contribution < 1.29 is 0 Å². The molecule has 0 atom stereocenters. The summed E-state index contributed by atoms with van der Waals surface area (Å²) < 4.78 is 0. The third-order valence-electron chi connectivity index (χ3n) is 7.90. The Hall–Kier alpha value is -4.38. The van der Waals surface area contributed by atoms with Crippen LogP contribution >= 0.6 is 35.1 Å². The first kappa shape index (κ1) is 37.4. The summed E-state index contributed by atoms with van der Waals surface area (Å²) in [7, 11) is 0. The molecular formula is C38H43ClN8S2. The largest absolute Gasteiger partial charge is 0.399 e. The minimum absolute atomic E-state index is 0. The van der Waals surface area contributed by atoms with Crippen LogP contribution in [-0.4, -0.2) is 36.1 Å². The molecule has 0 saturated heterocycles. The van der Waals surface area contributed by atoms with E-state index in [4.69, 9.17) is 10.7 Å². The second-order valence-corrected chi connectivity index (χ2v) is 13.9. The summed E-state index contributed by atoms with van der Waals surface area (Å²) in [5.41, 5.74) is 20.4. The molecule has 0 saturated carbocycles. The van der Waals surface area contributed by atoms with Crippen LogP contribution in [0.15, 0.2) is 64.8 Å². The summed E-state index contributed by atoms with van der Waals surface area (Å²) in [4.78, 5) is 31.4. The van der Waals surface area contributed by atoms with Crippen LogP contribution < -0.4 is 5.73 Å². The molecule has 11 heteroatoms. The van der Waals surface area contributed by atoms with Gasteiger partial charge in [-0.1, -0.05) is 25.5 Å². The van der Waals surface area contributed by atoms with Gasteiger partial charge in [0, 0.05) is 47.9 Å². The lowest BCUT2D eigenvalue weighted by molar-refractivity contribution is 1.01. The molecule has 6 aromatic rings. The zero-order valence-corrected chi connectivity index (χ0v) is 31.6. The molecule has 0 radical (unpaired) electrons. The quantitative estimate of drug-likeness (QED) is 0.117. The third kappa shape index (κ3) is 10.1. The molecule has 0 amide bonds. The van der Waals surface area contributed by atoms with Gasteiger partial charge in [-0.25, -0.2) is 9.97 Å². The van der Waals surface area contributed by atoms with E-state index in [0.717, 1.165) is 86.8 Å². The third-order valence-corrected chi connectivity index (χ3v) is 9.60. The molecule has 2 N–H and O–H groups in total. The van der Waals surface area contributed by atoms with Crippen molar-refractivity contribution in [3.8, 4) is 22.8 Å². The van der Waals surface area contributed by atoms with Gasteiger partial charge in [-0.05, 0) is 93.5 Å².